The van der Waals surface area contributed by atoms with E-state index < -0.39 is 5.54 Å². The van der Waals surface area contributed by atoms with Gasteiger partial charge in [0.1, 0.15) is 23.6 Å². The molecule has 0 saturated heterocycles. The predicted molar refractivity (Wildman–Crippen MR) is 104 cm³/mol. The average Bonchev–Trinajstić information content (AvgIpc) is 2.57. The molecule has 2 aromatic rings. The number of carbonyl (C=O) groups is 1. The molecule has 2 heterocycles. The number of pyridine rings is 1. The van der Waals surface area contributed by atoms with Gasteiger partial charge in [-0.2, -0.15) is 0 Å². The highest BCUT2D eigenvalue weighted by Crippen LogP contribution is 2.37. The normalized spacial score (nSPS) is 14.1. The highest BCUT2D eigenvalue weighted by Gasteiger charge is 2.23. The molecule has 26 heavy (non-hydrogen) atoms. The van der Waals surface area contributed by atoms with Gasteiger partial charge in [-0.05, 0) is 45.4 Å². The van der Waals surface area contributed by atoms with Crippen molar-refractivity contribution >= 4 is 22.5 Å². The number of hydrogen-bond donors (Lipinski definition) is 2. The Hall–Kier alpha value is -2.50. The summed E-state index contributed by atoms with van der Waals surface area (Å²) in [5.74, 6) is 0.417. The number of anilines is 1. The summed E-state index contributed by atoms with van der Waals surface area (Å²) in [5, 5.41) is 3.67. The quantitative estimate of drug-likeness (QED) is 0.882. The Kier molecular flexibility index (Phi) is 4.94. The molecule has 0 spiro atoms. The Bertz CT molecular complexity index is 880. The molecule has 0 bridgehead atoms. The lowest BCUT2D eigenvalue weighted by molar-refractivity contribution is 0.0918. The predicted octanol–water partition coefficient (Wildman–Crippen LogP) is 3.06. The molecule has 1 amide bonds. The summed E-state index contributed by atoms with van der Waals surface area (Å²) in [6, 6.07) is 5.48. The number of fused-ring (bicyclic) bond motifs is 3. The van der Waals surface area contributed by atoms with E-state index in [0.717, 1.165) is 48.3 Å². The van der Waals surface area contributed by atoms with Crippen LogP contribution in [0.4, 0.5) is 5.69 Å². The van der Waals surface area contributed by atoms with Crippen LogP contribution in [0.15, 0.2) is 23.0 Å². The fraction of sp³-hybridized carbons (Fsp3) is 0.500. The second-order valence-corrected chi connectivity index (χ2v) is 7.78. The molecule has 0 fully saturated rings. The Morgan fingerprint density at radius 3 is 2.81 bits per heavy atom. The molecular weight excluding hydrogens is 330 g/mol. The van der Waals surface area contributed by atoms with Gasteiger partial charge < -0.3 is 19.9 Å². The number of amides is 1. The van der Waals surface area contributed by atoms with Gasteiger partial charge in [-0.25, -0.2) is 0 Å². The van der Waals surface area contributed by atoms with E-state index in [9.17, 15) is 9.59 Å². The van der Waals surface area contributed by atoms with Crippen molar-refractivity contribution in [2.24, 2.45) is 0 Å². The molecule has 0 radical (unpaired) electrons. The number of unbranched alkanes of at least 4 members (excludes halogenated alkanes) is 1. The van der Waals surface area contributed by atoms with Gasteiger partial charge >= 0.3 is 0 Å². The van der Waals surface area contributed by atoms with Crippen molar-refractivity contribution in [2.75, 3.05) is 24.6 Å². The SMILES string of the molecule is CCCCN1CCOc2ccc3cc(C(=O)NC(C)(C)C)c(=O)[nH]c3c21. The number of ether oxygens (including phenoxy) is 1. The van der Waals surface area contributed by atoms with Gasteiger partial charge in [0, 0.05) is 17.5 Å². The van der Waals surface area contributed by atoms with Crippen LogP contribution in [0.2, 0.25) is 0 Å². The van der Waals surface area contributed by atoms with Crippen molar-refractivity contribution in [1.82, 2.24) is 10.3 Å². The molecule has 1 aliphatic rings. The summed E-state index contributed by atoms with van der Waals surface area (Å²) in [6.45, 7) is 10.2. The zero-order valence-electron chi connectivity index (χ0n) is 15.9. The second kappa shape index (κ2) is 7.02. The lowest BCUT2D eigenvalue weighted by Gasteiger charge is -2.32. The summed E-state index contributed by atoms with van der Waals surface area (Å²) in [7, 11) is 0. The molecule has 1 aromatic heterocycles. The third-order valence-corrected chi connectivity index (χ3v) is 4.41. The van der Waals surface area contributed by atoms with Gasteiger partial charge in [0.15, 0.2) is 0 Å². The molecule has 6 heteroatoms. The van der Waals surface area contributed by atoms with Crippen LogP contribution in [-0.2, 0) is 0 Å². The fourth-order valence-electron chi connectivity index (χ4n) is 3.20. The van der Waals surface area contributed by atoms with Gasteiger partial charge in [-0.15, -0.1) is 0 Å². The van der Waals surface area contributed by atoms with Crippen molar-refractivity contribution < 1.29 is 9.53 Å². The van der Waals surface area contributed by atoms with Crippen molar-refractivity contribution in [1.29, 1.82) is 0 Å². The highest BCUT2D eigenvalue weighted by molar-refractivity contribution is 6.01. The molecule has 0 unspecified atom stereocenters. The van der Waals surface area contributed by atoms with Crippen LogP contribution in [0.1, 0.15) is 50.9 Å². The molecule has 1 aromatic carbocycles. The van der Waals surface area contributed by atoms with E-state index in [1.807, 2.05) is 32.9 Å². The standard InChI is InChI=1S/C20H27N3O3/c1-5-6-9-23-10-11-26-15-8-7-13-12-14(19(25)22-20(2,3)4)18(24)21-16(13)17(15)23/h7-8,12H,5-6,9-11H2,1-4H3,(H,21,24)(H,22,25). The molecule has 0 saturated carbocycles. The summed E-state index contributed by atoms with van der Waals surface area (Å²) in [6.07, 6.45) is 2.18. The van der Waals surface area contributed by atoms with Crippen molar-refractivity contribution in [3.63, 3.8) is 0 Å². The lowest BCUT2D eigenvalue weighted by atomic mass is 10.1. The first-order valence-electron chi connectivity index (χ1n) is 9.20. The third kappa shape index (κ3) is 3.69. The fourth-order valence-corrected chi connectivity index (χ4v) is 3.20. The first kappa shape index (κ1) is 18.3. The number of nitrogens with one attached hydrogen (secondary N) is 2. The lowest BCUT2D eigenvalue weighted by Crippen LogP contribution is -2.42. The summed E-state index contributed by atoms with van der Waals surface area (Å²) >= 11 is 0. The maximum Gasteiger partial charge on any atom is 0.261 e. The number of carbonyl (C=O) groups excluding carboxylic acids is 1. The highest BCUT2D eigenvalue weighted by atomic mass is 16.5. The largest absolute Gasteiger partial charge is 0.489 e. The Morgan fingerprint density at radius 1 is 1.35 bits per heavy atom. The number of aromatic amines is 1. The van der Waals surface area contributed by atoms with Crippen LogP contribution in [0.25, 0.3) is 10.9 Å². The second-order valence-electron chi connectivity index (χ2n) is 7.78. The van der Waals surface area contributed by atoms with Gasteiger partial charge in [0.25, 0.3) is 11.5 Å². The van der Waals surface area contributed by atoms with E-state index >= 15 is 0 Å². The van der Waals surface area contributed by atoms with Gasteiger partial charge in [0.05, 0.1) is 12.1 Å². The summed E-state index contributed by atoms with van der Waals surface area (Å²) in [5.41, 5.74) is 0.995. The van der Waals surface area contributed by atoms with Gasteiger partial charge in [-0.1, -0.05) is 13.3 Å². The minimum Gasteiger partial charge on any atom is -0.489 e. The molecule has 0 atom stereocenters. The van der Waals surface area contributed by atoms with Crippen LogP contribution >= 0.6 is 0 Å². The maximum atomic E-state index is 12.6. The molecule has 3 rings (SSSR count). The van der Waals surface area contributed by atoms with Crippen LogP contribution in [-0.4, -0.2) is 36.1 Å². The number of nitrogens with zero attached hydrogens (tertiary/aromatic N) is 1. The maximum absolute atomic E-state index is 12.6. The van der Waals surface area contributed by atoms with Gasteiger partial charge in [0.2, 0.25) is 0 Å². The van der Waals surface area contributed by atoms with Crippen LogP contribution in [0.5, 0.6) is 5.75 Å². The van der Waals surface area contributed by atoms with E-state index in [1.54, 1.807) is 6.07 Å². The van der Waals surface area contributed by atoms with Crippen molar-refractivity contribution in [3.8, 4) is 5.75 Å². The number of hydrogen-bond acceptors (Lipinski definition) is 4. The minimum absolute atomic E-state index is 0.129. The molecular formula is C20H27N3O3. The monoisotopic (exact) mass is 357 g/mol. The minimum atomic E-state index is -0.404. The number of benzene rings is 1. The average molecular weight is 357 g/mol. The number of aromatic nitrogens is 1. The van der Waals surface area contributed by atoms with Crippen LogP contribution in [0, 0.1) is 0 Å². The summed E-state index contributed by atoms with van der Waals surface area (Å²) in [4.78, 5) is 30.2. The number of rotatable bonds is 4. The Morgan fingerprint density at radius 2 is 2.12 bits per heavy atom. The first-order valence-corrected chi connectivity index (χ1v) is 9.20. The van der Waals surface area contributed by atoms with Gasteiger partial charge in [-0.3, -0.25) is 9.59 Å². The summed E-state index contributed by atoms with van der Waals surface area (Å²) < 4.78 is 5.78. The third-order valence-electron chi connectivity index (χ3n) is 4.41. The Balaban J connectivity index is 2.08. The van der Waals surface area contributed by atoms with Crippen molar-refractivity contribution in [2.45, 2.75) is 46.1 Å². The Labute approximate surface area is 153 Å². The smallest absolute Gasteiger partial charge is 0.261 e. The zero-order chi connectivity index (χ0) is 18.9. The first-order chi connectivity index (χ1) is 12.3. The number of H-pyrrole nitrogens is 1. The van der Waals surface area contributed by atoms with Crippen LogP contribution < -0.4 is 20.5 Å². The van der Waals surface area contributed by atoms with E-state index in [1.165, 1.54) is 0 Å². The van der Waals surface area contributed by atoms with E-state index in [-0.39, 0.29) is 17.0 Å². The van der Waals surface area contributed by atoms with E-state index in [0.29, 0.717) is 6.61 Å². The topological polar surface area (TPSA) is 74.4 Å². The zero-order valence-corrected chi connectivity index (χ0v) is 15.9. The van der Waals surface area contributed by atoms with E-state index in [4.69, 9.17) is 4.74 Å². The molecule has 1 aliphatic heterocycles. The molecule has 6 nitrogen and oxygen atoms in total. The molecule has 0 aliphatic carbocycles. The van der Waals surface area contributed by atoms with E-state index in [2.05, 4.69) is 22.1 Å². The molecule has 140 valence electrons. The van der Waals surface area contributed by atoms with Crippen molar-refractivity contribution in [3.05, 3.63) is 34.1 Å². The van der Waals surface area contributed by atoms with Crippen LogP contribution in [0.3, 0.4) is 0 Å². The molecule has 2 N–H and O–H groups in total.